The fraction of sp³-hybridized carbons (Fsp3) is 0.389. The van der Waals surface area contributed by atoms with E-state index in [1.165, 1.54) is 6.33 Å². The first-order valence-corrected chi connectivity index (χ1v) is 9.44. The fourth-order valence-electron chi connectivity index (χ4n) is 3.53. The van der Waals surface area contributed by atoms with Crippen LogP contribution in [0.1, 0.15) is 18.5 Å². The first kappa shape index (κ1) is 17.2. The van der Waals surface area contributed by atoms with Gasteiger partial charge in [0.25, 0.3) is 5.91 Å². The lowest BCUT2D eigenvalue weighted by Gasteiger charge is -2.36. The van der Waals surface area contributed by atoms with E-state index in [2.05, 4.69) is 43.3 Å². The third-order valence-corrected chi connectivity index (χ3v) is 5.47. The van der Waals surface area contributed by atoms with E-state index in [-0.39, 0.29) is 11.9 Å². The van der Waals surface area contributed by atoms with Crippen LogP contribution in [-0.4, -0.2) is 63.7 Å². The Labute approximate surface area is 160 Å². The number of rotatable bonds is 2. The van der Waals surface area contributed by atoms with Crippen LogP contribution >= 0.6 is 15.9 Å². The van der Waals surface area contributed by atoms with Gasteiger partial charge in [-0.3, -0.25) is 4.79 Å². The summed E-state index contributed by atoms with van der Waals surface area (Å²) in [5.74, 6) is 0.719. The second-order valence-electron chi connectivity index (χ2n) is 6.74. The van der Waals surface area contributed by atoms with Gasteiger partial charge in [0.15, 0.2) is 0 Å². The number of amides is 1. The molecule has 1 N–H and O–H groups in total. The number of hydrogen-bond donors (Lipinski definition) is 1. The van der Waals surface area contributed by atoms with Crippen molar-refractivity contribution in [3.63, 3.8) is 0 Å². The maximum Gasteiger partial charge on any atom is 0.254 e. The average molecular weight is 417 g/mol. The first-order valence-electron chi connectivity index (χ1n) is 8.65. The summed E-state index contributed by atoms with van der Waals surface area (Å²) in [5.41, 5.74) is 2.56. The molecular weight excluding hydrogens is 396 g/mol. The molecule has 2 aliphatic heterocycles. The maximum absolute atomic E-state index is 13.4. The van der Waals surface area contributed by atoms with Gasteiger partial charge in [0.05, 0.1) is 5.57 Å². The van der Waals surface area contributed by atoms with Crippen molar-refractivity contribution in [3.05, 3.63) is 51.9 Å². The molecule has 7 nitrogen and oxygen atoms in total. The molecule has 0 unspecified atom stereocenters. The lowest BCUT2D eigenvalue weighted by molar-refractivity contribution is -0.129. The van der Waals surface area contributed by atoms with Crippen LogP contribution in [0.3, 0.4) is 0 Å². The molecule has 26 heavy (non-hydrogen) atoms. The molecule has 2 aromatic rings. The Kier molecular flexibility index (Phi) is 4.54. The van der Waals surface area contributed by atoms with Gasteiger partial charge < -0.3 is 15.1 Å². The topological polar surface area (TPSA) is 66.3 Å². The number of anilines is 1. The molecule has 0 radical (unpaired) electrons. The highest BCUT2D eigenvalue weighted by Gasteiger charge is 2.36. The predicted octanol–water partition coefficient (Wildman–Crippen LogP) is 2.10. The van der Waals surface area contributed by atoms with Gasteiger partial charge in [-0.15, -0.1) is 0 Å². The highest BCUT2D eigenvalue weighted by Crippen LogP contribution is 2.36. The quantitative estimate of drug-likeness (QED) is 0.811. The molecule has 0 spiro atoms. The zero-order valence-electron chi connectivity index (χ0n) is 14.8. The van der Waals surface area contributed by atoms with Crippen LogP contribution in [-0.2, 0) is 4.79 Å². The molecule has 1 aromatic heterocycles. The second-order valence-corrected chi connectivity index (χ2v) is 7.66. The maximum atomic E-state index is 13.4. The van der Waals surface area contributed by atoms with E-state index >= 15 is 0 Å². The zero-order valence-corrected chi connectivity index (χ0v) is 16.4. The molecule has 1 amide bonds. The number of likely N-dealkylation sites (N-methyl/N-ethyl adjacent to an activating group) is 1. The van der Waals surface area contributed by atoms with Crippen molar-refractivity contribution in [1.29, 1.82) is 0 Å². The van der Waals surface area contributed by atoms with E-state index in [9.17, 15) is 4.79 Å². The number of nitrogens with zero attached hydrogens (tertiary/aromatic N) is 5. The molecule has 1 atom stereocenters. The third kappa shape index (κ3) is 3.03. The fourth-order valence-corrected chi connectivity index (χ4v) is 3.95. The van der Waals surface area contributed by atoms with E-state index in [4.69, 9.17) is 0 Å². The first-order chi connectivity index (χ1) is 12.5. The van der Waals surface area contributed by atoms with Crippen molar-refractivity contribution in [2.24, 2.45) is 0 Å². The van der Waals surface area contributed by atoms with Crippen LogP contribution in [0.4, 0.5) is 5.95 Å². The summed E-state index contributed by atoms with van der Waals surface area (Å²) >= 11 is 3.54. The summed E-state index contributed by atoms with van der Waals surface area (Å²) in [6.07, 6.45) is 1.52. The highest BCUT2D eigenvalue weighted by atomic mass is 79.9. The van der Waals surface area contributed by atoms with Crippen molar-refractivity contribution >= 4 is 27.8 Å². The van der Waals surface area contributed by atoms with Crippen molar-refractivity contribution < 1.29 is 4.79 Å². The van der Waals surface area contributed by atoms with Gasteiger partial charge in [0, 0.05) is 36.3 Å². The lowest BCUT2D eigenvalue weighted by Crippen LogP contribution is -2.49. The summed E-state index contributed by atoms with van der Waals surface area (Å²) in [5, 5.41) is 7.62. The molecule has 0 bridgehead atoms. The SMILES string of the molecule is CC1=C(C(=O)N2CCN(C)CC2)[C@@H](c2cccc(Br)c2)n2ncnc2N1. The van der Waals surface area contributed by atoms with Crippen LogP contribution < -0.4 is 5.32 Å². The van der Waals surface area contributed by atoms with Gasteiger partial charge in [-0.05, 0) is 31.7 Å². The molecule has 1 saturated heterocycles. The largest absolute Gasteiger partial charge is 0.336 e. The van der Waals surface area contributed by atoms with Crippen molar-refractivity contribution in [2.75, 3.05) is 38.5 Å². The monoisotopic (exact) mass is 416 g/mol. The van der Waals surface area contributed by atoms with Gasteiger partial charge >= 0.3 is 0 Å². The van der Waals surface area contributed by atoms with Crippen LogP contribution in [0, 0.1) is 0 Å². The van der Waals surface area contributed by atoms with Crippen molar-refractivity contribution in [3.8, 4) is 0 Å². The second kappa shape index (κ2) is 6.85. The minimum absolute atomic E-state index is 0.0641. The number of benzene rings is 1. The number of piperazine rings is 1. The molecule has 8 heteroatoms. The number of carbonyl (C=O) groups excluding carboxylic acids is 1. The molecule has 0 aliphatic carbocycles. The standard InChI is InChI=1S/C18H21BrN6O/c1-12-15(17(26)24-8-6-23(2)7-9-24)16(13-4-3-5-14(19)10-13)25-18(22-12)20-11-21-25/h3-5,10-11,16H,6-9H2,1-2H3,(H,20,21,22)/t16-/m1/s1. The Hall–Kier alpha value is -2.19. The molecule has 2 aliphatic rings. The zero-order chi connectivity index (χ0) is 18.3. The van der Waals surface area contributed by atoms with E-state index in [1.54, 1.807) is 4.68 Å². The van der Waals surface area contributed by atoms with Gasteiger partial charge in [-0.1, -0.05) is 28.1 Å². The van der Waals surface area contributed by atoms with E-state index in [0.29, 0.717) is 5.95 Å². The van der Waals surface area contributed by atoms with E-state index in [0.717, 1.165) is 47.5 Å². The summed E-state index contributed by atoms with van der Waals surface area (Å²) in [7, 11) is 2.08. The Bertz CT molecular complexity index is 868. The molecule has 1 fully saturated rings. The molecule has 136 valence electrons. The van der Waals surface area contributed by atoms with Crippen molar-refractivity contribution in [1.82, 2.24) is 24.6 Å². The van der Waals surface area contributed by atoms with Gasteiger partial charge in [0.2, 0.25) is 5.95 Å². The third-order valence-electron chi connectivity index (χ3n) is 4.98. The van der Waals surface area contributed by atoms with Crippen molar-refractivity contribution in [2.45, 2.75) is 13.0 Å². The number of fused-ring (bicyclic) bond motifs is 1. The van der Waals surface area contributed by atoms with E-state index < -0.39 is 0 Å². The average Bonchev–Trinajstić information content (AvgIpc) is 3.08. The lowest BCUT2D eigenvalue weighted by atomic mass is 9.94. The molecule has 1 aromatic carbocycles. The molecule has 4 rings (SSSR count). The number of allylic oxidation sites excluding steroid dienone is 1. The number of aromatic nitrogens is 3. The van der Waals surface area contributed by atoms with Crippen LogP contribution in [0.2, 0.25) is 0 Å². The Morgan fingerprint density at radius 1 is 1.27 bits per heavy atom. The smallest absolute Gasteiger partial charge is 0.254 e. The Balaban J connectivity index is 1.76. The number of carbonyl (C=O) groups is 1. The highest BCUT2D eigenvalue weighted by molar-refractivity contribution is 9.10. The van der Waals surface area contributed by atoms with Crippen LogP contribution in [0.25, 0.3) is 0 Å². The summed E-state index contributed by atoms with van der Waals surface area (Å²) in [6, 6.07) is 7.72. The molecule has 0 saturated carbocycles. The van der Waals surface area contributed by atoms with Gasteiger partial charge in [-0.2, -0.15) is 10.1 Å². The molecular formula is C18H21BrN6O. The van der Waals surface area contributed by atoms with Gasteiger partial charge in [0.1, 0.15) is 12.4 Å². The van der Waals surface area contributed by atoms with Crippen LogP contribution in [0.5, 0.6) is 0 Å². The van der Waals surface area contributed by atoms with Crippen LogP contribution in [0.15, 0.2) is 46.3 Å². The van der Waals surface area contributed by atoms with Gasteiger partial charge in [-0.25, -0.2) is 4.68 Å². The number of nitrogens with one attached hydrogen (secondary N) is 1. The minimum Gasteiger partial charge on any atom is -0.336 e. The number of hydrogen-bond acceptors (Lipinski definition) is 5. The normalized spacial score (nSPS) is 20.7. The summed E-state index contributed by atoms with van der Waals surface area (Å²) < 4.78 is 2.76. The Morgan fingerprint density at radius 2 is 2.04 bits per heavy atom. The minimum atomic E-state index is -0.293. The Morgan fingerprint density at radius 3 is 2.77 bits per heavy atom. The number of halogens is 1. The predicted molar refractivity (Wildman–Crippen MR) is 103 cm³/mol. The van der Waals surface area contributed by atoms with E-state index in [1.807, 2.05) is 36.1 Å². The summed E-state index contributed by atoms with van der Waals surface area (Å²) in [6.45, 7) is 5.19. The molecule has 3 heterocycles. The summed E-state index contributed by atoms with van der Waals surface area (Å²) in [4.78, 5) is 21.9.